The van der Waals surface area contributed by atoms with E-state index in [0.29, 0.717) is 29.1 Å². The average molecular weight is 436 g/mol. The Hall–Kier alpha value is -3.66. The van der Waals surface area contributed by atoms with Gasteiger partial charge in [0.15, 0.2) is 5.89 Å². The first-order chi connectivity index (χ1) is 15.9. The Morgan fingerprint density at radius 1 is 0.727 bits per heavy atom. The number of hydrogen-bond donors (Lipinski definition) is 0. The molecule has 0 aliphatic rings. The van der Waals surface area contributed by atoms with Gasteiger partial charge in [0, 0.05) is 12.5 Å². The van der Waals surface area contributed by atoms with Crippen molar-refractivity contribution in [3.63, 3.8) is 0 Å². The maximum absolute atomic E-state index is 6.01. The van der Waals surface area contributed by atoms with Crippen molar-refractivity contribution < 1.29 is 4.42 Å². The van der Waals surface area contributed by atoms with Crippen LogP contribution in [-0.4, -0.2) is 14.5 Å². The zero-order chi connectivity index (χ0) is 23.1. The summed E-state index contributed by atoms with van der Waals surface area (Å²) in [6.07, 6.45) is 0. The molecule has 0 spiro atoms. The molecule has 2 aromatic heterocycles. The number of rotatable bonds is 5. The summed E-state index contributed by atoms with van der Waals surface area (Å²) in [4.78, 5) is 9.33. The lowest BCUT2D eigenvalue weighted by Gasteiger charge is -2.20. The van der Waals surface area contributed by atoms with Gasteiger partial charge in [0.2, 0.25) is 5.65 Å². The molecular formula is C29H29N3O. The van der Waals surface area contributed by atoms with Crippen molar-refractivity contribution in [2.75, 3.05) is 0 Å². The summed E-state index contributed by atoms with van der Waals surface area (Å²) in [6.45, 7) is 10.9. The van der Waals surface area contributed by atoms with Gasteiger partial charge in [-0.3, -0.25) is 4.57 Å². The molecule has 0 aliphatic heterocycles. The van der Waals surface area contributed by atoms with Gasteiger partial charge in [-0.1, -0.05) is 88.4 Å². The van der Waals surface area contributed by atoms with E-state index in [1.54, 1.807) is 0 Å². The lowest BCUT2D eigenvalue weighted by molar-refractivity contribution is 0.544. The maximum Gasteiger partial charge on any atom is 0.253 e. The van der Waals surface area contributed by atoms with E-state index in [2.05, 4.69) is 91.8 Å². The third kappa shape index (κ3) is 3.76. The smallest absolute Gasteiger partial charge is 0.253 e. The van der Waals surface area contributed by atoms with Crippen molar-refractivity contribution in [3.8, 4) is 28.2 Å². The van der Waals surface area contributed by atoms with E-state index in [1.165, 1.54) is 22.3 Å². The number of benzene rings is 3. The molecule has 33 heavy (non-hydrogen) atoms. The van der Waals surface area contributed by atoms with Gasteiger partial charge in [0.1, 0.15) is 5.82 Å². The van der Waals surface area contributed by atoms with Gasteiger partial charge in [0.25, 0.3) is 5.71 Å². The summed E-state index contributed by atoms with van der Waals surface area (Å²) in [6, 6.07) is 25.6. The molecule has 0 aliphatic carbocycles. The molecule has 4 nitrogen and oxygen atoms in total. The van der Waals surface area contributed by atoms with Crippen molar-refractivity contribution in [2.45, 2.75) is 46.5 Å². The fourth-order valence-corrected chi connectivity index (χ4v) is 4.58. The van der Waals surface area contributed by atoms with Gasteiger partial charge >= 0.3 is 0 Å². The van der Waals surface area contributed by atoms with Crippen LogP contribution in [0.2, 0.25) is 0 Å². The Bertz CT molecular complexity index is 1400. The van der Waals surface area contributed by atoms with E-state index < -0.39 is 0 Å². The normalized spacial score (nSPS) is 11.7. The quantitative estimate of drug-likeness (QED) is 0.282. The van der Waals surface area contributed by atoms with Gasteiger partial charge in [-0.15, -0.1) is 0 Å². The van der Waals surface area contributed by atoms with Gasteiger partial charge in [-0.2, -0.15) is 4.98 Å². The van der Waals surface area contributed by atoms with Crippen LogP contribution >= 0.6 is 0 Å². The molecule has 0 fully saturated rings. The standard InChI is InChI=1S/C29H29N3O/c1-18(2)24-15-10-16-25(19(3)4)26(24)22-13-9-14-23(17-22)32-28(21-11-7-6-8-12-21)31-27-29(32)33-20(5)30-27/h6-19H,1-5H3. The second-order valence-electron chi connectivity index (χ2n) is 9.17. The summed E-state index contributed by atoms with van der Waals surface area (Å²) in [5, 5.41) is 0. The van der Waals surface area contributed by atoms with Crippen molar-refractivity contribution in [1.82, 2.24) is 14.5 Å². The van der Waals surface area contributed by atoms with Gasteiger partial charge in [-0.25, -0.2) is 4.98 Å². The highest BCUT2D eigenvalue weighted by molar-refractivity contribution is 5.79. The first kappa shape index (κ1) is 21.2. The molecule has 3 aromatic carbocycles. The molecular weight excluding hydrogens is 406 g/mol. The lowest BCUT2D eigenvalue weighted by Crippen LogP contribution is -2.01. The zero-order valence-electron chi connectivity index (χ0n) is 19.8. The minimum absolute atomic E-state index is 0.430. The summed E-state index contributed by atoms with van der Waals surface area (Å²) >= 11 is 0. The van der Waals surface area contributed by atoms with Gasteiger partial charge < -0.3 is 4.42 Å². The fourth-order valence-electron chi connectivity index (χ4n) is 4.58. The predicted octanol–water partition coefficient (Wildman–Crippen LogP) is 7.90. The molecule has 0 radical (unpaired) electrons. The molecule has 0 saturated carbocycles. The Labute approximate surface area is 194 Å². The van der Waals surface area contributed by atoms with E-state index in [0.717, 1.165) is 17.1 Å². The summed E-state index contributed by atoms with van der Waals surface area (Å²) < 4.78 is 8.10. The molecule has 5 rings (SSSR count). The Morgan fingerprint density at radius 2 is 1.36 bits per heavy atom. The number of nitrogens with zero attached hydrogens (tertiary/aromatic N) is 3. The van der Waals surface area contributed by atoms with Crippen molar-refractivity contribution >= 4 is 11.4 Å². The summed E-state index contributed by atoms with van der Waals surface area (Å²) in [5.74, 6) is 2.30. The van der Waals surface area contributed by atoms with Crippen LogP contribution in [0.15, 0.2) is 77.2 Å². The van der Waals surface area contributed by atoms with Crippen LogP contribution in [0, 0.1) is 6.92 Å². The third-order valence-corrected chi connectivity index (χ3v) is 6.12. The van der Waals surface area contributed by atoms with Crippen LogP contribution in [0.4, 0.5) is 0 Å². The molecule has 166 valence electrons. The Kier molecular flexibility index (Phi) is 5.37. The highest BCUT2D eigenvalue weighted by Crippen LogP contribution is 2.38. The third-order valence-electron chi connectivity index (χ3n) is 6.12. The topological polar surface area (TPSA) is 43.9 Å². The summed E-state index contributed by atoms with van der Waals surface area (Å²) in [5.41, 5.74) is 8.61. The molecule has 0 saturated heterocycles. The van der Waals surface area contributed by atoms with E-state index in [-0.39, 0.29) is 0 Å². The summed E-state index contributed by atoms with van der Waals surface area (Å²) in [7, 11) is 0. The maximum atomic E-state index is 6.01. The van der Waals surface area contributed by atoms with Crippen molar-refractivity contribution in [3.05, 3.63) is 89.8 Å². The average Bonchev–Trinajstić information content (AvgIpc) is 3.35. The molecule has 0 bridgehead atoms. The molecule has 0 N–H and O–H groups in total. The lowest BCUT2D eigenvalue weighted by atomic mass is 9.85. The van der Waals surface area contributed by atoms with Crippen LogP contribution in [0.5, 0.6) is 0 Å². The molecule has 0 atom stereocenters. The largest absolute Gasteiger partial charge is 0.422 e. The van der Waals surface area contributed by atoms with E-state index in [4.69, 9.17) is 9.40 Å². The minimum atomic E-state index is 0.430. The Balaban J connectivity index is 1.76. The molecule has 0 amide bonds. The number of oxazole rings is 1. The van der Waals surface area contributed by atoms with Crippen molar-refractivity contribution in [1.29, 1.82) is 0 Å². The highest BCUT2D eigenvalue weighted by atomic mass is 16.4. The first-order valence-electron chi connectivity index (χ1n) is 11.6. The van der Waals surface area contributed by atoms with Crippen LogP contribution in [-0.2, 0) is 0 Å². The number of imidazole rings is 1. The first-order valence-corrected chi connectivity index (χ1v) is 11.6. The Morgan fingerprint density at radius 3 is 2.03 bits per heavy atom. The van der Waals surface area contributed by atoms with Crippen LogP contribution in [0.3, 0.4) is 0 Å². The zero-order valence-corrected chi connectivity index (χ0v) is 19.8. The number of aromatic nitrogens is 3. The fraction of sp³-hybridized carbons (Fsp3) is 0.241. The number of aryl methyl sites for hydroxylation is 1. The van der Waals surface area contributed by atoms with Crippen molar-refractivity contribution in [2.24, 2.45) is 0 Å². The molecule has 0 unspecified atom stereocenters. The second kappa shape index (κ2) is 8.36. The van der Waals surface area contributed by atoms with Crippen LogP contribution < -0.4 is 0 Å². The molecule has 5 aromatic rings. The van der Waals surface area contributed by atoms with E-state index >= 15 is 0 Å². The van der Waals surface area contributed by atoms with Crippen LogP contribution in [0.1, 0.15) is 56.5 Å². The highest BCUT2D eigenvalue weighted by Gasteiger charge is 2.21. The number of hydrogen-bond acceptors (Lipinski definition) is 3. The van der Waals surface area contributed by atoms with E-state index in [9.17, 15) is 0 Å². The molecule has 4 heteroatoms. The number of fused-ring (bicyclic) bond motifs is 1. The SMILES string of the molecule is Cc1nc2nc(-c3ccccc3)n(-c3cccc(-c4c(C(C)C)cccc4C(C)C)c3)c2o1. The van der Waals surface area contributed by atoms with Gasteiger partial charge in [0.05, 0.1) is 5.69 Å². The van der Waals surface area contributed by atoms with Crippen LogP contribution in [0.25, 0.3) is 39.6 Å². The predicted molar refractivity (Wildman–Crippen MR) is 135 cm³/mol. The van der Waals surface area contributed by atoms with E-state index in [1.807, 2.05) is 25.1 Å². The van der Waals surface area contributed by atoms with Gasteiger partial charge in [-0.05, 0) is 46.2 Å². The monoisotopic (exact) mass is 435 g/mol. The minimum Gasteiger partial charge on any atom is -0.422 e. The molecule has 2 heterocycles. The second-order valence-corrected chi connectivity index (χ2v) is 9.17.